The lowest BCUT2D eigenvalue weighted by Gasteiger charge is -2.17. The van der Waals surface area contributed by atoms with Gasteiger partial charge in [0, 0.05) is 6.92 Å². The van der Waals surface area contributed by atoms with E-state index in [9.17, 15) is 9.59 Å². The van der Waals surface area contributed by atoms with Crippen LogP contribution in [-0.2, 0) is 9.59 Å². The summed E-state index contributed by atoms with van der Waals surface area (Å²) in [6.45, 7) is 1.34. The molecule has 2 N–H and O–H groups in total. The fourth-order valence-electron chi connectivity index (χ4n) is 1.67. The number of carboxylic acids is 1. The molecular formula is C10H15NO3. The number of hydrogen-bond acceptors (Lipinski definition) is 2. The van der Waals surface area contributed by atoms with Crippen LogP contribution in [0.25, 0.3) is 0 Å². The van der Waals surface area contributed by atoms with Crippen LogP contribution in [0.3, 0.4) is 0 Å². The van der Waals surface area contributed by atoms with Crippen LogP contribution >= 0.6 is 0 Å². The van der Waals surface area contributed by atoms with Gasteiger partial charge in [0.25, 0.3) is 0 Å². The van der Waals surface area contributed by atoms with Crippen LogP contribution < -0.4 is 5.32 Å². The topological polar surface area (TPSA) is 66.4 Å². The molecule has 0 radical (unpaired) electrons. The summed E-state index contributed by atoms with van der Waals surface area (Å²) in [5.74, 6) is -0.876. The minimum Gasteiger partial charge on any atom is -0.480 e. The Labute approximate surface area is 83.0 Å². The molecular weight excluding hydrogens is 182 g/mol. The number of allylic oxidation sites excluding steroid dienone is 2. The SMILES string of the molecule is CC(=O)NC(CC1CC=CC1)C(=O)O. The normalized spacial score (nSPS) is 18.1. The van der Waals surface area contributed by atoms with Gasteiger partial charge in [-0.25, -0.2) is 4.79 Å². The average molecular weight is 197 g/mol. The summed E-state index contributed by atoms with van der Waals surface area (Å²) in [4.78, 5) is 21.5. The highest BCUT2D eigenvalue weighted by Crippen LogP contribution is 2.22. The molecule has 1 aliphatic carbocycles. The molecule has 0 heterocycles. The van der Waals surface area contributed by atoms with Crippen LogP contribution in [0.5, 0.6) is 0 Å². The van der Waals surface area contributed by atoms with Gasteiger partial charge in [-0.1, -0.05) is 12.2 Å². The van der Waals surface area contributed by atoms with E-state index in [0.717, 1.165) is 12.8 Å². The molecule has 78 valence electrons. The van der Waals surface area contributed by atoms with E-state index in [1.807, 2.05) is 0 Å². The van der Waals surface area contributed by atoms with Crippen molar-refractivity contribution in [2.45, 2.75) is 32.2 Å². The molecule has 0 aliphatic heterocycles. The largest absolute Gasteiger partial charge is 0.480 e. The Balaban J connectivity index is 2.42. The van der Waals surface area contributed by atoms with Gasteiger partial charge in [-0.3, -0.25) is 4.79 Å². The molecule has 1 aliphatic rings. The van der Waals surface area contributed by atoms with Gasteiger partial charge in [-0.2, -0.15) is 0 Å². The van der Waals surface area contributed by atoms with Crippen LogP contribution in [0.2, 0.25) is 0 Å². The van der Waals surface area contributed by atoms with E-state index in [1.54, 1.807) is 0 Å². The molecule has 14 heavy (non-hydrogen) atoms. The first-order valence-electron chi connectivity index (χ1n) is 4.74. The smallest absolute Gasteiger partial charge is 0.326 e. The molecule has 1 unspecified atom stereocenters. The van der Waals surface area contributed by atoms with Crippen molar-refractivity contribution < 1.29 is 14.7 Å². The predicted octanol–water partition coefficient (Wildman–Crippen LogP) is 0.932. The number of aliphatic carboxylic acids is 1. The number of carbonyl (C=O) groups excluding carboxylic acids is 1. The fourth-order valence-corrected chi connectivity index (χ4v) is 1.67. The van der Waals surface area contributed by atoms with Gasteiger partial charge >= 0.3 is 5.97 Å². The zero-order valence-corrected chi connectivity index (χ0v) is 8.19. The van der Waals surface area contributed by atoms with Crippen LogP contribution in [-0.4, -0.2) is 23.0 Å². The van der Waals surface area contributed by atoms with Crippen molar-refractivity contribution in [3.63, 3.8) is 0 Å². The zero-order chi connectivity index (χ0) is 10.6. The summed E-state index contributed by atoms with van der Waals surface area (Å²) < 4.78 is 0. The van der Waals surface area contributed by atoms with Gasteiger partial charge in [0.05, 0.1) is 0 Å². The molecule has 0 bridgehead atoms. The molecule has 0 aromatic heterocycles. The quantitative estimate of drug-likeness (QED) is 0.659. The lowest BCUT2D eigenvalue weighted by Crippen LogP contribution is -2.40. The van der Waals surface area contributed by atoms with Crippen molar-refractivity contribution in [1.82, 2.24) is 5.32 Å². The number of carboxylic acid groups (broad SMARTS) is 1. The fraction of sp³-hybridized carbons (Fsp3) is 0.600. The van der Waals surface area contributed by atoms with Crippen molar-refractivity contribution in [3.8, 4) is 0 Å². The minimum atomic E-state index is -0.952. The first-order chi connectivity index (χ1) is 6.59. The van der Waals surface area contributed by atoms with Crippen LogP contribution in [0.15, 0.2) is 12.2 Å². The number of carbonyl (C=O) groups is 2. The molecule has 4 nitrogen and oxygen atoms in total. The predicted molar refractivity (Wildman–Crippen MR) is 51.7 cm³/mol. The van der Waals surface area contributed by atoms with Gasteiger partial charge in [0.2, 0.25) is 5.91 Å². The van der Waals surface area contributed by atoms with Crippen molar-refractivity contribution in [2.75, 3.05) is 0 Å². The Morgan fingerprint density at radius 2 is 2.07 bits per heavy atom. The van der Waals surface area contributed by atoms with Crippen molar-refractivity contribution >= 4 is 11.9 Å². The molecule has 0 aromatic carbocycles. The van der Waals surface area contributed by atoms with Gasteiger partial charge in [0.1, 0.15) is 6.04 Å². The third kappa shape index (κ3) is 3.20. The molecule has 0 saturated carbocycles. The number of amides is 1. The second-order valence-electron chi connectivity index (χ2n) is 3.64. The van der Waals surface area contributed by atoms with E-state index in [-0.39, 0.29) is 5.91 Å². The Morgan fingerprint density at radius 3 is 2.50 bits per heavy atom. The van der Waals surface area contributed by atoms with E-state index >= 15 is 0 Å². The maximum atomic E-state index is 10.8. The first-order valence-corrected chi connectivity index (χ1v) is 4.74. The highest BCUT2D eigenvalue weighted by atomic mass is 16.4. The van der Waals surface area contributed by atoms with Crippen LogP contribution in [0.1, 0.15) is 26.2 Å². The van der Waals surface area contributed by atoms with E-state index < -0.39 is 12.0 Å². The molecule has 0 spiro atoms. The van der Waals surface area contributed by atoms with Crippen molar-refractivity contribution in [1.29, 1.82) is 0 Å². The number of nitrogens with one attached hydrogen (secondary N) is 1. The summed E-state index contributed by atoms with van der Waals surface area (Å²) in [7, 11) is 0. The molecule has 0 aromatic rings. The maximum Gasteiger partial charge on any atom is 0.326 e. The van der Waals surface area contributed by atoms with E-state index in [1.165, 1.54) is 6.92 Å². The number of rotatable bonds is 4. The monoisotopic (exact) mass is 197 g/mol. The summed E-state index contributed by atoms with van der Waals surface area (Å²) in [6.07, 6.45) is 6.46. The molecule has 1 atom stereocenters. The highest BCUT2D eigenvalue weighted by molar-refractivity contribution is 5.82. The molecule has 0 fully saturated rings. The van der Waals surface area contributed by atoms with Crippen molar-refractivity contribution in [2.24, 2.45) is 5.92 Å². The van der Waals surface area contributed by atoms with Crippen molar-refractivity contribution in [3.05, 3.63) is 12.2 Å². The van der Waals surface area contributed by atoms with E-state index in [0.29, 0.717) is 12.3 Å². The molecule has 4 heteroatoms. The number of hydrogen-bond donors (Lipinski definition) is 2. The van der Waals surface area contributed by atoms with Crippen LogP contribution in [0, 0.1) is 5.92 Å². The lowest BCUT2D eigenvalue weighted by atomic mass is 9.98. The third-order valence-electron chi connectivity index (χ3n) is 2.35. The Kier molecular flexibility index (Phi) is 3.68. The zero-order valence-electron chi connectivity index (χ0n) is 8.19. The molecule has 1 amide bonds. The summed E-state index contributed by atoms with van der Waals surface area (Å²) in [5, 5.41) is 11.3. The molecule has 0 saturated heterocycles. The Morgan fingerprint density at radius 1 is 1.50 bits per heavy atom. The lowest BCUT2D eigenvalue weighted by molar-refractivity contribution is -0.142. The molecule has 1 rings (SSSR count). The van der Waals surface area contributed by atoms with Gasteiger partial charge < -0.3 is 10.4 Å². The summed E-state index contributed by atoms with van der Waals surface area (Å²) in [6, 6.07) is -0.739. The highest BCUT2D eigenvalue weighted by Gasteiger charge is 2.23. The second-order valence-corrected chi connectivity index (χ2v) is 3.64. The van der Waals surface area contributed by atoms with Gasteiger partial charge in [-0.05, 0) is 25.2 Å². The standard InChI is InChI=1S/C10H15NO3/c1-7(12)11-9(10(13)14)6-8-4-2-3-5-8/h2-3,8-9H,4-6H2,1H3,(H,11,12)(H,13,14). The van der Waals surface area contributed by atoms with Crippen LogP contribution in [0.4, 0.5) is 0 Å². The Hall–Kier alpha value is -1.32. The van der Waals surface area contributed by atoms with E-state index in [2.05, 4.69) is 17.5 Å². The van der Waals surface area contributed by atoms with Gasteiger partial charge in [0.15, 0.2) is 0 Å². The van der Waals surface area contributed by atoms with Gasteiger partial charge in [-0.15, -0.1) is 0 Å². The second kappa shape index (κ2) is 4.79. The minimum absolute atomic E-state index is 0.289. The average Bonchev–Trinajstić information content (AvgIpc) is 2.54. The summed E-state index contributed by atoms with van der Waals surface area (Å²) >= 11 is 0. The Bertz CT molecular complexity index is 252. The maximum absolute atomic E-state index is 10.8. The third-order valence-corrected chi connectivity index (χ3v) is 2.35. The summed E-state index contributed by atoms with van der Waals surface area (Å²) in [5.41, 5.74) is 0. The first kappa shape index (κ1) is 10.8. The van der Waals surface area contributed by atoms with E-state index in [4.69, 9.17) is 5.11 Å².